The third-order valence-corrected chi connectivity index (χ3v) is 6.28. The highest BCUT2D eigenvalue weighted by molar-refractivity contribution is 9.11. The van der Waals surface area contributed by atoms with Gasteiger partial charge in [-0.3, -0.25) is 0 Å². The summed E-state index contributed by atoms with van der Waals surface area (Å²) < 4.78 is 24.9. The summed E-state index contributed by atoms with van der Waals surface area (Å²) in [6.07, 6.45) is 0. The van der Waals surface area contributed by atoms with Gasteiger partial charge in [0.2, 0.25) is 0 Å². The molecule has 1 aromatic heterocycles. The molecule has 13 heavy (non-hydrogen) atoms. The molecule has 0 aromatic carbocycles. The van der Waals surface area contributed by atoms with Crippen LogP contribution in [0, 0.1) is 0 Å². The molecule has 6 heteroatoms. The Kier molecular flexibility index (Phi) is 2.48. The second kappa shape index (κ2) is 3.34. The molecule has 3 nitrogen and oxygen atoms in total. The topological polar surface area (TPSA) is 46.2 Å². The van der Waals surface area contributed by atoms with Crippen molar-refractivity contribution in [1.29, 1.82) is 0 Å². The van der Waals surface area contributed by atoms with Crippen molar-refractivity contribution in [1.82, 2.24) is 5.32 Å². The van der Waals surface area contributed by atoms with Crippen LogP contribution in [0.2, 0.25) is 0 Å². The van der Waals surface area contributed by atoms with Gasteiger partial charge in [0.05, 0.1) is 9.04 Å². The first-order valence-electron chi connectivity index (χ1n) is 3.80. The van der Waals surface area contributed by atoms with Crippen LogP contribution in [0.5, 0.6) is 0 Å². The zero-order valence-corrected chi connectivity index (χ0v) is 9.88. The SMILES string of the molecule is O=S(=O)(c1ccc(Br)s1)C1CNC1. The molecule has 0 unspecified atom stereocenters. The molecule has 2 rings (SSSR count). The average Bonchev–Trinajstić information content (AvgIpc) is 2.30. The normalized spacial score (nSPS) is 18.5. The fraction of sp³-hybridized carbons (Fsp3) is 0.429. The van der Waals surface area contributed by atoms with Crippen LogP contribution in [0.25, 0.3) is 0 Å². The molecule has 72 valence electrons. The molecule has 0 radical (unpaired) electrons. The second-order valence-electron chi connectivity index (χ2n) is 2.88. The molecular formula is C7H8BrNO2S2. The summed E-state index contributed by atoms with van der Waals surface area (Å²) in [4.78, 5) is 0. The minimum atomic E-state index is -3.06. The van der Waals surface area contributed by atoms with Gasteiger partial charge in [-0.2, -0.15) is 0 Å². The fourth-order valence-electron chi connectivity index (χ4n) is 1.10. The molecule has 0 saturated carbocycles. The molecule has 0 spiro atoms. The van der Waals surface area contributed by atoms with Gasteiger partial charge in [0.1, 0.15) is 4.21 Å². The summed E-state index contributed by atoms with van der Waals surface area (Å²) in [5.74, 6) is 0. The number of nitrogens with one attached hydrogen (secondary N) is 1. The number of thiophene rings is 1. The molecule has 1 aromatic rings. The average molecular weight is 282 g/mol. The van der Waals surface area contributed by atoms with E-state index < -0.39 is 9.84 Å². The summed E-state index contributed by atoms with van der Waals surface area (Å²) in [6.45, 7) is 1.16. The van der Waals surface area contributed by atoms with E-state index >= 15 is 0 Å². The Balaban J connectivity index is 2.34. The van der Waals surface area contributed by atoms with Crippen molar-refractivity contribution >= 4 is 37.1 Å². The van der Waals surface area contributed by atoms with E-state index in [1.54, 1.807) is 12.1 Å². The highest BCUT2D eigenvalue weighted by Gasteiger charge is 2.33. The van der Waals surface area contributed by atoms with E-state index in [1.807, 2.05) is 0 Å². The molecule has 1 aliphatic heterocycles. The monoisotopic (exact) mass is 281 g/mol. The van der Waals surface area contributed by atoms with Gasteiger partial charge >= 0.3 is 0 Å². The van der Waals surface area contributed by atoms with E-state index in [2.05, 4.69) is 21.2 Å². The van der Waals surface area contributed by atoms with Crippen molar-refractivity contribution in [3.63, 3.8) is 0 Å². The standard InChI is InChI=1S/C7H8BrNO2S2/c8-6-1-2-7(12-6)13(10,11)5-3-9-4-5/h1-2,5,9H,3-4H2. The third kappa shape index (κ3) is 1.68. The summed E-state index contributed by atoms with van der Waals surface area (Å²) in [5.41, 5.74) is 0. The quantitative estimate of drug-likeness (QED) is 0.888. The Morgan fingerprint density at radius 1 is 1.46 bits per heavy atom. The maximum atomic E-state index is 11.8. The van der Waals surface area contributed by atoms with Crippen LogP contribution >= 0.6 is 27.3 Å². The smallest absolute Gasteiger partial charge is 0.193 e. The van der Waals surface area contributed by atoms with Gasteiger partial charge in [-0.05, 0) is 28.1 Å². The molecule has 1 saturated heterocycles. The van der Waals surface area contributed by atoms with Gasteiger partial charge in [-0.15, -0.1) is 11.3 Å². The lowest BCUT2D eigenvalue weighted by molar-refractivity contribution is 0.496. The Bertz CT molecular complexity index is 408. The van der Waals surface area contributed by atoms with Crippen molar-refractivity contribution in [2.45, 2.75) is 9.46 Å². The number of hydrogen-bond donors (Lipinski definition) is 1. The zero-order valence-electron chi connectivity index (χ0n) is 6.66. The predicted molar refractivity (Wildman–Crippen MR) is 55.9 cm³/mol. The highest BCUT2D eigenvalue weighted by Crippen LogP contribution is 2.29. The maximum absolute atomic E-state index is 11.8. The highest BCUT2D eigenvalue weighted by atomic mass is 79.9. The van der Waals surface area contributed by atoms with Gasteiger partial charge in [-0.1, -0.05) is 0 Å². The van der Waals surface area contributed by atoms with Crippen molar-refractivity contribution in [2.24, 2.45) is 0 Å². The number of halogens is 1. The fourth-order valence-corrected chi connectivity index (χ4v) is 4.94. The maximum Gasteiger partial charge on any atom is 0.193 e. The van der Waals surface area contributed by atoms with Crippen LogP contribution in [0.4, 0.5) is 0 Å². The van der Waals surface area contributed by atoms with Crippen LogP contribution in [-0.4, -0.2) is 26.8 Å². The molecule has 0 atom stereocenters. The van der Waals surface area contributed by atoms with Gasteiger partial charge < -0.3 is 5.32 Å². The van der Waals surface area contributed by atoms with E-state index in [-0.39, 0.29) is 5.25 Å². The number of hydrogen-bond acceptors (Lipinski definition) is 4. The van der Waals surface area contributed by atoms with Crippen LogP contribution in [0.15, 0.2) is 20.1 Å². The van der Waals surface area contributed by atoms with Crippen LogP contribution in [-0.2, 0) is 9.84 Å². The lowest BCUT2D eigenvalue weighted by Crippen LogP contribution is -2.51. The Labute approximate surface area is 89.2 Å². The predicted octanol–water partition coefficient (Wildman–Crippen LogP) is 1.26. The molecule has 0 amide bonds. The largest absolute Gasteiger partial charge is 0.314 e. The number of sulfone groups is 1. The van der Waals surface area contributed by atoms with Crippen molar-refractivity contribution in [2.75, 3.05) is 13.1 Å². The molecule has 1 N–H and O–H groups in total. The van der Waals surface area contributed by atoms with E-state index in [4.69, 9.17) is 0 Å². The van der Waals surface area contributed by atoms with Gasteiger partial charge in [0.25, 0.3) is 0 Å². The third-order valence-electron chi connectivity index (χ3n) is 2.01. The first-order chi connectivity index (χ1) is 6.10. The van der Waals surface area contributed by atoms with Crippen molar-refractivity contribution in [3.05, 3.63) is 15.9 Å². The summed E-state index contributed by atoms with van der Waals surface area (Å²) in [6, 6.07) is 3.42. The van der Waals surface area contributed by atoms with Crippen LogP contribution < -0.4 is 5.32 Å². The first-order valence-corrected chi connectivity index (χ1v) is 6.96. The van der Waals surface area contributed by atoms with E-state index in [0.29, 0.717) is 17.3 Å². The first kappa shape index (κ1) is 9.64. The van der Waals surface area contributed by atoms with Crippen molar-refractivity contribution < 1.29 is 8.42 Å². The molecular weight excluding hydrogens is 274 g/mol. The van der Waals surface area contributed by atoms with Crippen LogP contribution in [0.3, 0.4) is 0 Å². The number of rotatable bonds is 2. The molecule has 0 aliphatic carbocycles. The molecule has 2 heterocycles. The summed E-state index contributed by atoms with van der Waals surface area (Å²) in [7, 11) is -3.06. The molecule has 1 aliphatic rings. The molecule has 0 bridgehead atoms. The Hall–Kier alpha value is 0.0900. The second-order valence-corrected chi connectivity index (χ2v) is 7.80. The van der Waals surface area contributed by atoms with E-state index in [9.17, 15) is 8.42 Å². The van der Waals surface area contributed by atoms with Crippen LogP contribution in [0.1, 0.15) is 0 Å². The lowest BCUT2D eigenvalue weighted by Gasteiger charge is -2.25. The lowest BCUT2D eigenvalue weighted by atomic mass is 10.3. The van der Waals surface area contributed by atoms with E-state index in [0.717, 1.165) is 3.79 Å². The van der Waals surface area contributed by atoms with E-state index in [1.165, 1.54) is 11.3 Å². The summed E-state index contributed by atoms with van der Waals surface area (Å²) >= 11 is 4.53. The molecule has 1 fully saturated rings. The minimum absolute atomic E-state index is 0.224. The van der Waals surface area contributed by atoms with Gasteiger partial charge in [0, 0.05) is 13.1 Å². The van der Waals surface area contributed by atoms with Crippen molar-refractivity contribution in [3.8, 4) is 0 Å². The Morgan fingerprint density at radius 2 is 2.15 bits per heavy atom. The summed E-state index contributed by atoms with van der Waals surface area (Å²) in [5, 5.41) is 2.73. The Morgan fingerprint density at radius 3 is 2.54 bits per heavy atom. The van der Waals surface area contributed by atoms with Gasteiger partial charge in [-0.25, -0.2) is 8.42 Å². The van der Waals surface area contributed by atoms with Gasteiger partial charge in [0.15, 0.2) is 9.84 Å². The zero-order chi connectivity index (χ0) is 9.47. The minimum Gasteiger partial charge on any atom is -0.314 e.